The van der Waals surface area contributed by atoms with E-state index >= 15 is 0 Å². The van der Waals surface area contributed by atoms with Gasteiger partial charge in [0.1, 0.15) is 0 Å². The van der Waals surface area contributed by atoms with Crippen LogP contribution >= 0.6 is 11.6 Å². The van der Waals surface area contributed by atoms with E-state index in [1.807, 2.05) is 18.2 Å². The van der Waals surface area contributed by atoms with E-state index in [1.165, 1.54) is 0 Å². The van der Waals surface area contributed by atoms with Gasteiger partial charge in [-0.05, 0) is 0 Å². The van der Waals surface area contributed by atoms with E-state index in [4.69, 9.17) is 11.6 Å². The fourth-order valence-corrected chi connectivity index (χ4v) is 1.56. The molecule has 0 saturated heterocycles. The molecule has 0 atom stereocenters. The molecule has 0 amide bonds. The first kappa shape index (κ1) is 7.73. The summed E-state index contributed by atoms with van der Waals surface area (Å²) < 4.78 is 2.21. The number of benzene rings is 1. The zero-order chi connectivity index (χ0) is 6.85. The van der Waals surface area contributed by atoms with Crippen LogP contribution in [-0.2, 0) is 0 Å². The minimum absolute atomic E-state index is 0.813. The summed E-state index contributed by atoms with van der Waals surface area (Å²) in [6, 6.07) is 5.92. The van der Waals surface area contributed by atoms with Gasteiger partial charge < -0.3 is 0 Å². The van der Waals surface area contributed by atoms with Gasteiger partial charge in [0.25, 0.3) is 0 Å². The maximum absolute atomic E-state index is 5.79. The van der Waals surface area contributed by atoms with Crippen LogP contribution in [0.1, 0.15) is 0 Å². The predicted molar refractivity (Wildman–Crippen MR) is 42.2 cm³/mol. The first-order valence-corrected chi connectivity index (χ1v) is 4.63. The molecule has 0 saturated carbocycles. The molecule has 0 fully saturated rings. The van der Waals surface area contributed by atoms with E-state index < -0.39 is 0 Å². The third-order valence-electron chi connectivity index (χ3n) is 0.931. The third-order valence-corrected chi connectivity index (χ3v) is 2.93. The Morgan fingerprint density at radius 1 is 1.22 bits per heavy atom. The Morgan fingerprint density at radius 2 is 1.89 bits per heavy atom. The monoisotopic (exact) mass is 260 g/mol. The van der Waals surface area contributed by atoms with Gasteiger partial charge in [-0.2, -0.15) is 0 Å². The Morgan fingerprint density at radius 3 is 2.33 bits per heavy atom. The van der Waals surface area contributed by atoms with Crippen LogP contribution in [0.15, 0.2) is 18.2 Å². The molecule has 1 aromatic carbocycles. The van der Waals surface area contributed by atoms with Crippen molar-refractivity contribution in [3.63, 3.8) is 0 Å². The molecule has 0 aliphatic heterocycles. The summed E-state index contributed by atoms with van der Waals surface area (Å²) in [5.74, 6) is 0. The van der Waals surface area contributed by atoms with Gasteiger partial charge in [0, 0.05) is 0 Å². The summed E-state index contributed by atoms with van der Waals surface area (Å²) in [5, 5.41) is 0.813. The van der Waals surface area contributed by atoms with Crippen molar-refractivity contribution in [3.05, 3.63) is 23.2 Å². The second-order valence-electron chi connectivity index (χ2n) is 1.64. The molecule has 4 radical (unpaired) electrons. The van der Waals surface area contributed by atoms with Gasteiger partial charge in [-0.1, -0.05) is 0 Å². The fraction of sp³-hybridized carbons (Fsp3) is 0. The summed E-state index contributed by atoms with van der Waals surface area (Å²) in [5.41, 5.74) is 0. The molecule has 9 heavy (non-hydrogen) atoms. The Labute approximate surface area is 77.0 Å². The van der Waals surface area contributed by atoms with Crippen molar-refractivity contribution < 1.29 is 0 Å². The SMILES string of the molecule is Clc1cc([As])ccc1[As]. The van der Waals surface area contributed by atoms with E-state index in [0.717, 1.165) is 13.7 Å². The predicted octanol–water partition coefficient (Wildman–Crippen LogP) is -0.0724. The third kappa shape index (κ3) is 2.04. The van der Waals surface area contributed by atoms with Crippen molar-refractivity contribution in [2.45, 2.75) is 0 Å². The molecule has 0 heterocycles. The zero-order valence-electron chi connectivity index (χ0n) is 4.50. The molecule has 0 spiro atoms. The van der Waals surface area contributed by atoms with Crippen LogP contribution in [0.3, 0.4) is 0 Å². The van der Waals surface area contributed by atoms with E-state index in [-0.39, 0.29) is 0 Å². The van der Waals surface area contributed by atoms with Crippen LogP contribution < -0.4 is 8.70 Å². The molecule has 1 rings (SSSR count). The molecule has 0 nitrogen and oxygen atoms in total. The second-order valence-corrected chi connectivity index (χ2v) is 4.14. The minimum atomic E-state index is 0.813. The van der Waals surface area contributed by atoms with Crippen molar-refractivity contribution in [2.75, 3.05) is 0 Å². The Kier molecular flexibility index (Phi) is 2.70. The zero-order valence-corrected chi connectivity index (χ0v) is 9.01. The molecule has 0 aliphatic carbocycles. The van der Waals surface area contributed by atoms with Crippen LogP contribution in [-0.4, -0.2) is 33.7 Å². The molecule has 0 bridgehead atoms. The number of hydrogen-bond donors (Lipinski definition) is 0. The normalized spacial score (nSPS) is 9.67. The van der Waals surface area contributed by atoms with Gasteiger partial charge >= 0.3 is 77.2 Å². The summed E-state index contributed by atoms with van der Waals surface area (Å²) in [6.07, 6.45) is 0. The molecular formula is C6H3As2Cl. The Balaban J connectivity index is 3.17. The van der Waals surface area contributed by atoms with Crippen molar-refractivity contribution in [1.82, 2.24) is 0 Å². The molecule has 0 aromatic heterocycles. The fourth-order valence-electron chi connectivity index (χ4n) is 0.496. The average Bonchev–Trinajstić information content (AvgIpc) is 1.80. The van der Waals surface area contributed by atoms with Crippen LogP contribution in [0.5, 0.6) is 0 Å². The maximum atomic E-state index is 5.79. The van der Waals surface area contributed by atoms with Gasteiger partial charge in [-0.15, -0.1) is 0 Å². The summed E-state index contributed by atoms with van der Waals surface area (Å²) in [7, 11) is 0. The number of halogens is 1. The topological polar surface area (TPSA) is 0 Å². The van der Waals surface area contributed by atoms with Gasteiger partial charge in [0.05, 0.1) is 0 Å². The van der Waals surface area contributed by atoms with Gasteiger partial charge in [0.2, 0.25) is 0 Å². The van der Waals surface area contributed by atoms with Crippen molar-refractivity contribution >= 4 is 54.0 Å². The first-order valence-electron chi connectivity index (χ1n) is 2.37. The summed E-state index contributed by atoms with van der Waals surface area (Å²) >= 11 is 10.7. The number of rotatable bonds is 0. The molecule has 44 valence electrons. The van der Waals surface area contributed by atoms with Crippen LogP contribution in [0.4, 0.5) is 0 Å². The van der Waals surface area contributed by atoms with E-state index in [2.05, 4.69) is 33.7 Å². The van der Waals surface area contributed by atoms with Crippen LogP contribution in [0.2, 0.25) is 5.02 Å². The second kappa shape index (κ2) is 3.15. The van der Waals surface area contributed by atoms with Crippen LogP contribution in [0.25, 0.3) is 0 Å². The average molecular weight is 260 g/mol. The van der Waals surface area contributed by atoms with E-state index in [1.54, 1.807) is 0 Å². The van der Waals surface area contributed by atoms with E-state index in [0.29, 0.717) is 0 Å². The quantitative estimate of drug-likeness (QED) is 0.573. The molecular weight excluding hydrogens is 257 g/mol. The van der Waals surface area contributed by atoms with Gasteiger partial charge in [0.15, 0.2) is 0 Å². The first-order chi connectivity index (χ1) is 4.20. The molecule has 0 aliphatic rings. The molecule has 1 aromatic rings. The van der Waals surface area contributed by atoms with Crippen LogP contribution in [0, 0.1) is 0 Å². The van der Waals surface area contributed by atoms with E-state index in [9.17, 15) is 0 Å². The van der Waals surface area contributed by atoms with Gasteiger partial charge in [-0.3, -0.25) is 0 Å². The van der Waals surface area contributed by atoms with Crippen molar-refractivity contribution in [2.24, 2.45) is 0 Å². The Bertz CT molecular complexity index is 222. The van der Waals surface area contributed by atoms with Crippen molar-refractivity contribution in [3.8, 4) is 0 Å². The summed E-state index contributed by atoms with van der Waals surface area (Å²) in [6.45, 7) is 0. The van der Waals surface area contributed by atoms with Gasteiger partial charge in [-0.25, -0.2) is 0 Å². The summed E-state index contributed by atoms with van der Waals surface area (Å²) in [4.78, 5) is 0. The number of hydrogen-bond acceptors (Lipinski definition) is 0. The molecule has 0 unspecified atom stereocenters. The molecule has 0 N–H and O–H groups in total. The molecule has 3 heteroatoms. The standard InChI is InChI=1S/C6H3As2Cl/c7-4-1-2-5(8)6(9)3-4/h1-3H. The Hall–Kier alpha value is 0.627. The van der Waals surface area contributed by atoms with Crippen molar-refractivity contribution in [1.29, 1.82) is 0 Å².